The van der Waals surface area contributed by atoms with E-state index in [9.17, 15) is 25.9 Å². The number of rotatable bonds is 20. The van der Waals surface area contributed by atoms with E-state index < -0.39 is 20.2 Å². The van der Waals surface area contributed by atoms with Crippen LogP contribution in [0.1, 0.15) is 128 Å². The molecule has 0 atom stereocenters. The van der Waals surface area contributed by atoms with Gasteiger partial charge in [-0.25, -0.2) is 16.8 Å². The zero-order valence-corrected chi connectivity index (χ0v) is 32.2. The van der Waals surface area contributed by atoms with Gasteiger partial charge >= 0.3 is 59.1 Å². The Labute approximate surface area is 301 Å². The van der Waals surface area contributed by atoms with E-state index in [4.69, 9.17) is 0 Å². The minimum atomic E-state index is -4.34. The van der Waals surface area contributed by atoms with Gasteiger partial charge in [0.15, 0.2) is 0 Å². The average Bonchev–Trinajstić information content (AvgIpc) is 2.91. The largest absolute Gasteiger partial charge is 1.00 e. The first kappa shape index (κ1) is 44.4. The fourth-order valence-electron chi connectivity index (χ4n) is 4.81. The molecule has 0 fully saturated rings. The number of unbranched alkanes of at least 4 members (excludes halogenated alkanes) is 14. The van der Waals surface area contributed by atoms with E-state index in [-0.39, 0.29) is 68.9 Å². The van der Waals surface area contributed by atoms with Crippen molar-refractivity contribution in [2.75, 3.05) is 0 Å². The molecule has 0 unspecified atom stereocenters. The van der Waals surface area contributed by atoms with Crippen LogP contribution in [0.15, 0.2) is 58.3 Å². The Hall–Kier alpha value is 0.260. The molecule has 2 aromatic carbocycles. The molecule has 0 bridgehead atoms. The third-order valence-corrected chi connectivity index (χ3v) is 8.96. The summed E-state index contributed by atoms with van der Waals surface area (Å²) in [5, 5.41) is 0. The van der Waals surface area contributed by atoms with Gasteiger partial charge in [0, 0.05) is 0 Å². The van der Waals surface area contributed by atoms with Crippen LogP contribution < -0.4 is 59.1 Å². The SMILES string of the molecule is CCCCCCCCCCc1ccccc1S(=O)(=O)[O-].CCCCCCCCCCc1ccccc1S(=O)(=O)[O-].[Na+].[Na+]. The van der Waals surface area contributed by atoms with Gasteiger partial charge in [-0.2, -0.15) is 0 Å². The molecular formula is C32H50Na2O6S2. The van der Waals surface area contributed by atoms with Crippen molar-refractivity contribution >= 4 is 20.2 Å². The van der Waals surface area contributed by atoms with E-state index in [1.165, 1.54) is 89.2 Å². The first-order valence-electron chi connectivity index (χ1n) is 15.2. The summed E-state index contributed by atoms with van der Waals surface area (Å²) in [4.78, 5) is -0.106. The van der Waals surface area contributed by atoms with Gasteiger partial charge in [-0.15, -0.1) is 0 Å². The zero-order valence-electron chi connectivity index (χ0n) is 26.6. The fraction of sp³-hybridized carbons (Fsp3) is 0.625. The van der Waals surface area contributed by atoms with E-state index in [0.29, 0.717) is 24.0 Å². The molecule has 0 aliphatic rings. The third kappa shape index (κ3) is 21.1. The van der Waals surface area contributed by atoms with Crippen molar-refractivity contribution in [1.29, 1.82) is 0 Å². The molecule has 0 saturated carbocycles. The van der Waals surface area contributed by atoms with Crippen LogP contribution in [0.5, 0.6) is 0 Å². The van der Waals surface area contributed by atoms with Gasteiger partial charge in [0.2, 0.25) is 0 Å². The zero-order chi connectivity index (χ0) is 29.7. The Balaban J connectivity index is 0. The van der Waals surface area contributed by atoms with E-state index >= 15 is 0 Å². The van der Waals surface area contributed by atoms with Gasteiger partial charge in [0.1, 0.15) is 20.2 Å². The second-order valence-electron chi connectivity index (χ2n) is 10.6. The van der Waals surface area contributed by atoms with Crippen LogP contribution in [0.4, 0.5) is 0 Å². The maximum atomic E-state index is 11.1. The van der Waals surface area contributed by atoms with Gasteiger partial charge in [-0.1, -0.05) is 140 Å². The number of hydrogen-bond donors (Lipinski definition) is 0. The summed E-state index contributed by atoms with van der Waals surface area (Å²) < 4.78 is 66.8. The van der Waals surface area contributed by atoms with Crippen molar-refractivity contribution < 1.29 is 85.1 Å². The standard InChI is InChI=1S/2C16H26O3S.2Na/c2*1-2-3-4-5-6-7-8-9-12-15-13-10-11-14-16(15)20(17,18)19;;/h2*10-11,13-14H,2-9,12H2,1H3,(H,17,18,19);;/q;;2*+1/p-2. The van der Waals surface area contributed by atoms with E-state index in [0.717, 1.165) is 25.7 Å². The molecule has 0 radical (unpaired) electrons. The van der Waals surface area contributed by atoms with Crippen molar-refractivity contribution in [1.82, 2.24) is 0 Å². The molecule has 6 nitrogen and oxygen atoms in total. The minimum Gasteiger partial charge on any atom is -0.744 e. The molecule has 0 aliphatic carbocycles. The number of hydrogen-bond acceptors (Lipinski definition) is 6. The average molecular weight is 641 g/mol. The Morgan fingerprint density at radius 2 is 0.714 bits per heavy atom. The first-order valence-corrected chi connectivity index (χ1v) is 18.0. The second kappa shape index (κ2) is 26.5. The minimum absolute atomic E-state index is 0. The molecule has 0 amide bonds. The van der Waals surface area contributed by atoms with Crippen LogP contribution in [0.2, 0.25) is 0 Å². The van der Waals surface area contributed by atoms with Gasteiger partial charge in [-0.05, 0) is 48.9 Å². The maximum Gasteiger partial charge on any atom is 1.00 e. The Kier molecular flexibility index (Phi) is 28.0. The van der Waals surface area contributed by atoms with Gasteiger partial charge in [-0.3, -0.25) is 0 Å². The number of aryl methyl sites for hydroxylation is 2. The summed E-state index contributed by atoms with van der Waals surface area (Å²) in [5.74, 6) is 0. The van der Waals surface area contributed by atoms with Crippen molar-refractivity contribution in [3.63, 3.8) is 0 Å². The molecular weight excluding hydrogens is 590 g/mol. The Morgan fingerprint density at radius 3 is 1.00 bits per heavy atom. The summed E-state index contributed by atoms with van der Waals surface area (Å²) in [5.41, 5.74) is 1.32. The molecule has 0 aliphatic heterocycles. The normalized spacial score (nSPS) is 11.1. The predicted molar refractivity (Wildman–Crippen MR) is 161 cm³/mol. The molecule has 0 saturated heterocycles. The van der Waals surface area contributed by atoms with Gasteiger partial charge in [0.05, 0.1) is 9.79 Å². The molecule has 42 heavy (non-hydrogen) atoms. The molecule has 10 heteroatoms. The molecule has 0 heterocycles. The number of benzene rings is 2. The molecule has 2 aromatic rings. The topological polar surface area (TPSA) is 114 Å². The van der Waals surface area contributed by atoms with Crippen molar-refractivity contribution in [3.05, 3.63) is 59.7 Å². The predicted octanol–water partition coefficient (Wildman–Crippen LogP) is 2.56. The van der Waals surface area contributed by atoms with E-state index in [2.05, 4.69) is 13.8 Å². The molecule has 228 valence electrons. The van der Waals surface area contributed by atoms with Crippen LogP contribution in [-0.2, 0) is 33.1 Å². The molecule has 0 spiro atoms. The monoisotopic (exact) mass is 640 g/mol. The van der Waals surface area contributed by atoms with Crippen LogP contribution in [0, 0.1) is 0 Å². The smallest absolute Gasteiger partial charge is 0.744 e. The van der Waals surface area contributed by atoms with Gasteiger partial charge in [0.25, 0.3) is 0 Å². The van der Waals surface area contributed by atoms with Crippen molar-refractivity contribution in [2.45, 2.75) is 139 Å². The van der Waals surface area contributed by atoms with Gasteiger partial charge < -0.3 is 9.11 Å². The molecule has 2 rings (SSSR count). The summed E-state index contributed by atoms with van der Waals surface area (Å²) in [6.45, 7) is 4.42. The van der Waals surface area contributed by atoms with Crippen LogP contribution >= 0.6 is 0 Å². The van der Waals surface area contributed by atoms with Crippen LogP contribution in [0.3, 0.4) is 0 Å². The molecule has 0 N–H and O–H groups in total. The van der Waals surface area contributed by atoms with Crippen molar-refractivity contribution in [3.8, 4) is 0 Å². The second-order valence-corrected chi connectivity index (χ2v) is 13.3. The van der Waals surface area contributed by atoms with Crippen molar-refractivity contribution in [2.24, 2.45) is 0 Å². The van der Waals surface area contributed by atoms with E-state index in [1.54, 1.807) is 36.4 Å². The summed E-state index contributed by atoms with van der Waals surface area (Å²) in [6, 6.07) is 13.1. The Bertz CT molecular complexity index is 1060. The summed E-state index contributed by atoms with van der Waals surface area (Å²) >= 11 is 0. The van der Waals surface area contributed by atoms with Crippen LogP contribution in [-0.4, -0.2) is 25.9 Å². The Morgan fingerprint density at radius 1 is 0.452 bits per heavy atom. The quantitative estimate of drug-likeness (QED) is 0.125. The van der Waals surface area contributed by atoms with E-state index in [1.807, 2.05) is 0 Å². The molecule has 0 aromatic heterocycles. The maximum absolute atomic E-state index is 11.1. The fourth-order valence-corrected chi connectivity index (χ4v) is 6.28. The summed E-state index contributed by atoms with van der Waals surface area (Å²) in [7, 11) is -8.68. The first-order chi connectivity index (χ1) is 19.1. The third-order valence-electron chi connectivity index (χ3n) is 7.08. The summed E-state index contributed by atoms with van der Waals surface area (Å²) in [6.07, 6.45) is 20.7. The van der Waals surface area contributed by atoms with Crippen LogP contribution in [0.25, 0.3) is 0 Å².